The minimum atomic E-state index is -0.597. The van der Waals surface area contributed by atoms with Crippen molar-refractivity contribution in [3.05, 3.63) is 88.7 Å². The van der Waals surface area contributed by atoms with E-state index in [2.05, 4.69) is 20.4 Å². The van der Waals surface area contributed by atoms with Gasteiger partial charge in [0.25, 0.3) is 0 Å². The lowest BCUT2D eigenvalue weighted by Gasteiger charge is -2.09. The number of aromatic nitrogens is 4. The molecule has 9 heteroatoms. The smallest absolute Gasteiger partial charge is 0.246 e. The van der Waals surface area contributed by atoms with Gasteiger partial charge < -0.3 is 10.3 Å². The highest BCUT2D eigenvalue weighted by molar-refractivity contribution is 5.94. The zero-order valence-electron chi connectivity index (χ0n) is 16.5. The maximum Gasteiger partial charge on any atom is 0.246 e. The van der Waals surface area contributed by atoms with Gasteiger partial charge in [0.15, 0.2) is 0 Å². The van der Waals surface area contributed by atoms with Crippen LogP contribution in [0.15, 0.2) is 71.7 Å². The number of carbonyl (C=O) groups excluding carboxylic acids is 1. The van der Waals surface area contributed by atoms with Gasteiger partial charge in [0.1, 0.15) is 24.0 Å². The van der Waals surface area contributed by atoms with Crippen LogP contribution in [0.25, 0.3) is 33.3 Å². The van der Waals surface area contributed by atoms with Crippen LogP contribution in [0.1, 0.15) is 0 Å². The van der Waals surface area contributed by atoms with Crippen molar-refractivity contribution in [1.82, 2.24) is 19.7 Å². The number of hydrogen-bond donors (Lipinski definition) is 2. The van der Waals surface area contributed by atoms with Gasteiger partial charge in [0.05, 0.1) is 28.3 Å². The van der Waals surface area contributed by atoms with Crippen LogP contribution in [-0.4, -0.2) is 25.7 Å². The van der Waals surface area contributed by atoms with E-state index in [4.69, 9.17) is 0 Å². The van der Waals surface area contributed by atoms with Crippen molar-refractivity contribution in [2.24, 2.45) is 0 Å². The summed E-state index contributed by atoms with van der Waals surface area (Å²) in [5, 5.41) is 7.30. The Labute approximate surface area is 179 Å². The van der Waals surface area contributed by atoms with Crippen LogP contribution >= 0.6 is 0 Å². The zero-order chi connectivity index (χ0) is 22.2. The van der Waals surface area contributed by atoms with Crippen LogP contribution in [0.4, 0.5) is 14.5 Å². The molecule has 5 rings (SSSR count). The minimum Gasteiger partial charge on any atom is -0.338 e. The Morgan fingerprint density at radius 3 is 2.78 bits per heavy atom. The van der Waals surface area contributed by atoms with Crippen LogP contribution < -0.4 is 10.7 Å². The molecule has 2 heterocycles. The average molecular weight is 431 g/mol. The number of imidazole rings is 1. The summed E-state index contributed by atoms with van der Waals surface area (Å²) in [6, 6.07) is 15.0. The number of aromatic amines is 1. The molecule has 0 aliphatic heterocycles. The van der Waals surface area contributed by atoms with E-state index >= 15 is 0 Å². The predicted molar refractivity (Wildman–Crippen MR) is 116 cm³/mol. The van der Waals surface area contributed by atoms with Gasteiger partial charge in [-0.25, -0.2) is 13.8 Å². The highest BCUT2D eigenvalue weighted by atomic mass is 19.1. The Balaban J connectivity index is 1.40. The summed E-state index contributed by atoms with van der Waals surface area (Å²) in [5.74, 6) is -1.33. The van der Waals surface area contributed by atoms with Crippen molar-refractivity contribution in [3.8, 4) is 11.4 Å². The van der Waals surface area contributed by atoms with E-state index in [-0.39, 0.29) is 29.3 Å². The van der Waals surface area contributed by atoms with E-state index in [1.165, 1.54) is 10.9 Å². The number of nitrogens with zero attached hydrogens (tertiary/aromatic N) is 3. The van der Waals surface area contributed by atoms with E-state index in [1.807, 2.05) is 0 Å². The molecule has 2 N–H and O–H groups in total. The molecule has 0 bridgehead atoms. The molecule has 0 unspecified atom stereocenters. The summed E-state index contributed by atoms with van der Waals surface area (Å²) in [6.45, 7) is -0.0957. The number of rotatable bonds is 4. The number of para-hydroxylation sites is 1. The summed E-state index contributed by atoms with van der Waals surface area (Å²) in [4.78, 5) is 31.8. The maximum atomic E-state index is 14.1. The first-order valence-electron chi connectivity index (χ1n) is 9.68. The van der Waals surface area contributed by atoms with Gasteiger partial charge in [-0.05, 0) is 48.5 Å². The number of fused-ring (bicyclic) bond motifs is 2. The lowest BCUT2D eigenvalue weighted by molar-refractivity contribution is -0.116. The zero-order valence-corrected chi connectivity index (χ0v) is 16.5. The highest BCUT2D eigenvalue weighted by Crippen LogP contribution is 2.25. The second-order valence-electron chi connectivity index (χ2n) is 7.17. The lowest BCUT2D eigenvalue weighted by atomic mass is 10.2. The SMILES string of the molecule is O=C(Cn1ncc(=O)c2ccccc21)Nc1ccc2nc(-c3cc(F)ccc3F)[nH]c2c1. The van der Waals surface area contributed by atoms with Crippen molar-refractivity contribution in [2.45, 2.75) is 6.54 Å². The Morgan fingerprint density at radius 2 is 1.91 bits per heavy atom. The Morgan fingerprint density at radius 1 is 1.06 bits per heavy atom. The number of carbonyl (C=O) groups is 1. The van der Waals surface area contributed by atoms with E-state index in [0.29, 0.717) is 27.6 Å². The van der Waals surface area contributed by atoms with Crippen LogP contribution in [-0.2, 0) is 11.3 Å². The van der Waals surface area contributed by atoms with E-state index in [0.717, 1.165) is 18.2 Å². The Bertz CT molecular complexity index is 1560. The van der Waals surface area contributed by atoms with Gasteiger partial charge in [-0.1, -0.05) is 12.1 Å². The van der Waals surface area contributed by atoms with Crippen LogP contribution in [0.3, 0.4) is 0 Å². The number of halogens is 2. The van der Waals surface area contributed by atoms with Crippen LogP contribution in [0.5, 0.6) is 0 Å². The molecule has 0 fully saturated rings. The molecule has 0 atom stereocenters. The fourth-order valence-electron chi connectivity index (χ4n) is 3.52. The van der Waals surface area contributed by atoms with E-state index in [9.17, 15) is 18.4 Å². The summed E-state index contributed by atoms with van der Waals surface area (Å²) in [6.07, 6.45) is 1.18. The summed E-state index contributed by atoms with van der Waals surface area (Å²) < 4.78 is 29.0. The summed E-state index contributed by atoms with van der Waals surface area (Å²) >= 11 is 0. The first-order chi connectivity index (χ1) is 15.5. The average Bonchev–Trinajstić information content (AvgIpc) is 3.21. The first-order valence-corrected chi connectivity index (χ1v) is 9.68. The maximum absolute atomic E-state index is 14.1. The minimum absolute atomic E-state index is 0.0166. The molecule has 0 aliphatic carbocycles. The Kier molecular flexibility index (Phi) is 4.70. The van der Waals surface area contributed by atoms with Gasteiger partial charge in [-0.3, -0.25) is 14.3 Å². The molecule has 0 aliphatic rings. The molecule has 0 spiro atoms. The molecular formula is C23H15F2N5O2. The standard InChI is InChI=1S/C23H15F2N5O2/c24-13-5-7-17(25)16(9-13)23-28-18-8-6-14(10-19(18)29-23)27-22(32)12-30-20-4-2-1-3-15(20)21(31)11-26-30/h1-11H,12H2,(H,27,32)(H,28,29). The molecule has 32 heavy (non-hydrogen) atoms. The van der Waals surface area contributed by atoms with Crippen molar-refractivity contribution in [3.63, 3.8) is 0 Å². The number of benzene rings is 3. The third-order valence-electron chi connectivity index (χ3n) is 5.00. The molecule has 0 saturated heterocycles. The first kappa shape index (κ1) is 19.6. The largest absolute Gasteiger partial charge is 0.338 e. The normalized spacial score (nSPS) is 11.2. The molecule has 158 valence electrons. The van der Waals surface area contributed by atoms with Crippen molar-refractivity contribution in [2.75, 3.05) is 5.32 Å². The molecule has 2 aromatic heterocycles. The molecule has 5 aromatic rings. The number of H-pyrrole nitrogens is 1. The van der Waals surface area contributed by atoms with E-state index < -0.39 is 11.6 Å². The molecule has 7 nitrogen and oxygen atoms in total. The second kappa shape index (κ2) is 7.69. The third kappa shape index (κ3) is 3.60. The third-order valence-corrected chi connectivity index (χ3v) is 5.00. The van der Waals surface area contributed by atoms with Crippen molar-refractivity contribution >= 4 is 33.5 Å². The van der Waals surface area contributed by atoms with Gasteiger partial charge in [-0.15, -0.1) is 0 Å². The molecule has 3 aromatic carbocycles. The fourth-order valence-corrected chi connectivity index (χ4v) is 3.52. The van der Waals surface area contributed by atoms with Gasteiger partial charge >= 0.3 is 0 Å². The number of anilines is 1. The lowest BCUT2D eigenvalue weighted by Crippen LogP contribution is -2.22. The molecular weight excluding hydrogens is 416 g/mol. The number of hydrogen-bond acceptors (Lipinski definition) is 4. The summed E-state index contributed by atoms with van der Waals surface area (Å²) in [5.41, 5.74) is 1.93. The van der Waals surface area contributed by atoms with Crippen molar-refractivity contribution < 1.29 is 13.6 Å². The molecule has 0 saturated carbocycles. The number of nitrogens with one attached hydrogen (secondary N) is 2. The van der Waals surface area contributed by atoms with Crippen LogP contribution in [0.2, 0.25) is 0 Å². The van der Waals surface area contributed by atoms with Gasteiger partial charge in [0.2, 0.25) is 11.3 Å². The predicted octanol–water partition coefficient (Wildman–Crippen LogP) is 3.86. The number of amides is 1. The highest BCUT2D eigenvalue weighted by Gasteiger charge is 2.13. The second-order valence-corrected chi connectivity index (χ2v) is 7.17. The Hall–Kier alpha value is -4.40. The molecule has 0 radical (unpaired) electrons. The quantitative estimate of drug-likeness (QED) is 0.452. The molecule has 1 amide bonds. The van der Waals surface area contributed by atoms with E-state index in [1.54, 1.807) is 42.5 Å². The van der Waals surface area contributed by atoms with Crippen molar-refractivity contribution in [1.29, 1.82) is 0 Å². The van der Waals surface area contributed by atoms with Gasteiger partial charge in [0, 0.05) is 11.1 Å². The monoisotopic (exact) mass is 431 g/mol. The summed E-state index contributed by atoms with van der Waals surface area (Å²) in [7, 11) is 0. The van der Waals surface area contributed by atoms with Crippen LogP contribution in [0, 0.1) is 11.6 Å². The topological polar surface area (TPSA) is 92.7 Å². The van der Waals surface area contributed by atoms with Gasteiger partial charge in [-0.2, -0.15) is 5.10 Å². The fraction of sp³-hybridized carbons (Fsp3) is 0.0435.